The largest absolute Gasteiger partial charge is 0.484 e. The molecule has 0 bridgehead atoms. The van der Waals surface area contributed by atoms with Crippen LogP contribution in [0.25, 0.3) is 0 Å². The van der Waals surface area contributed by atoms with Gasteiger partial charge in [0.25, 0.3) is 5.91 Å². The number of carbonyl (C=O) groups is 1. The van der Waals surface area contributed by atoms with E-state index in [0.29, 0.717) is 6.54 Å². The van der Waals surface area contributed by atoms with E-state index in [0.717, 1.165) is 37.2 Å². The van der Waals surface area contributed by atoms with E-state index in [1.54, 1.807) is 6.26 Å². The van der Waals surface area contributed by atoms with E-state index in [2.05, 4.69) is 17.4 Å². The smallest absolute Gasteiger partial charge is 0.257 e. The summed E-state index contributed by atoms with van der Waals surface area (Å²) >= 11 is 0. The Bertz CT molecular complexity index is 634. The van der Waals surface area contributed by atoms with E-state index in [1.165, 1.54) is 24.0 Å². The fourth-order valence-electron chi connectivity index (χ4n) is 2.94. The van der Waals surface area contributed by atoms with E-state index in [9.17, 15) is 4.79 Å². The van der Waals surface area contributed by atoms with Crippen molar-refractivity contribution in [3.05, 3.63) is 53.5 Å². The van der Waals surface area contributed by atoms with Gasteiger partial charge in [0.05, 0.1) is 6.26 Å². The van der Waals surface area contributed by atoms with Gasteiger partial charge in [-0.2, -0.15) is 0 Å². The van der Waals surface area contributed by atoms with Crippen molar-refractivity contribution < 1.29 is 13.9 Å². The third-order valence-corrected chi connectivity index (χ3v) is 4.19. The standard InChI is InChI=1S/C19H23NO3/c21-19(20-11-3-7-17-8-4-12-22-17)14-23-18-10-9-15-5-1-2-6-16(15)13-18/h4,8-10,12-13H,1-3,5-7,11,14H2,(H,20,21). The summed E-state index contributed by atoms with van der Waals surface area (Å²) in [5, 5.41) is 2.87. The van der Waals surface area contributed by atoms with E-state index in [-0.39, 0.29) is 12.5 Å². The summed E-state index contributed by atoms with van der Waals surface area (Å²) in [4.78, 5) is 11.8. The molecule has 23 heavy (non-hydrogen) atoms. The molecule has 122 valence electrons. The third-order valence-electron chi connectivity index (χ3n) is 4.19. The number of benzene rings is 1. The average molecular weight is 313 g/mol. The highest BCUT2D eigenvalue weighted by Gasteiger charge is 2.10. The van der Waals surface area contributed by atoms with Gasteiger partial charge in [0.1, 0.15) is 11.5 Å². The van der Waals surface area contributed by atoms with Crippen LogP contribution in [0.2, 0.25) is 0 Å². The van der Waals surface area contributed by atoms with Gasteiger partial charge in [0.15, 0.2) is 6.61 Å². The second kappa shape index (κ2) is 7.86. The molecule has 0 saturated heterocycles. The molecule has 4 heteroatoms. The van der Waals surface area contributed by atoms with Gasteiger partial charge in [0.2, 0.25) is 0 Å². The molecule has 0 spiro atoms. The van der Waals surface area contributed by atoms with Crippen molar-refractivity contribution in [2.45, 2.75) is 38.5 Å². The quantitative estimate of drug-likeness (QED) is 0.798. The minimum Gasteiger partial charge on any atom is -0.484 e. The zero-order valence-corrected chi connectivity index (χ0v) is 13.3. The second-order valence-electron chi connectivity index (χ2n) is 5.96. The maximum Gasteiger partial charge on any atom is 0.257 e. The van der Waals surface area contributed by atoms with E-state index in [1.807, 2.05) is 18.2 Å². The van der Waals surface area contributed by atoms with Crippen molar-refractivity contribution in [3.8, 4) is 5.75 Å². The SMILES string of the molecule is O=C(COc1ccc2c(c1)CCCC2)NCCCc1ccco1. The number of carbonyl (C=O) groups excluding carboxylic acids is 1. The van der Waals surface area contributed by atoms with Crippen LogP contribution in [0.15, 0.2) is 41.0 Å². The van der Waals surface area contributed by atoms with Crippen LogP contribution in [0.3, 0.4) is 0 Å². The predicted molar refractivity (Wildman–Crippen MR) is 88.6 cm³/mol. The first-order valence-corrected chi connectivity index (χ1v) is 8.35. The minimum absolute atomic E-state index is 0.0690. The van der Waals surface area contributed by atoms with Gasteiger partial charge in [-0.15, -0.1) is 0 Å². The van der Waals surface area contributed by atoms with Crippen molar-refractivity contribution in [2.24, 2.45) is 0 Å². The molecule has 0 atom stereocenters. The number of nitrogens with one attached hydrogen (secondary N) is 1. The molecule has 0 fully saturated rings. The summed E-state index contributed by atoms with van der Waals surface area (Å²) in [7, 11) is 0. The van der Waals surface area contributed by atoms with Crippen LogP contribution < -0.4 is 10.1 Å². The molecule has 0 unspecified atom stereocenters. The molecule has 0 radical (unpaired) electrons. The molecule has 1 amide bonds. The molecule has 1 aromatic carbocycles. The minimum atomic E-state index is -0.0813. The fraction of sp³-hybridized carbons (Fsp3) is 0.421. The van der Waals surface area contributed by atoms with Crippen molar-refractivity contribution in [3.63, 3.8) is 0 Å². The van der Waals surface area contributed by atoms with Crippen molar-refractivity contribution in [1.82, 2.24) is 5.32 Å². The number of hydrogen-bond donors (Lipinski definition) is 1. The summed E-state index contributed by atoms with van der Waals surface area (Å²) in [6.07, 6.45) is 8.15. The van der Waals surface area contributed by atoms with Crippen LogP contribution in [0.4, 0.5) is 0 Å². The van der Waals surface area contributed by atoms with Gasteiger partial charge < -0.3 is 14.5 Å². The third kappa shape index (κ3) is 4.62. The highest BCUT2D eigenvalue weighted by molar-refractivity contribution is 5.77. The van der Waals surface area contributed by atoms with Crippen LogP contribution in [-0.2, 0) is 24.1 Å². The molecule has 3 rings (SSSR count). The maximum atomic E-state index is 11.8. The normalized spacial score (nSPS) is 13.4. The Labute approximate surface area is 136 Å². The molecular weight excluding hydrogens is 290 g/mol. The topological polar surface area (TPSA) is 51.5 Å². The van der Waals surface area contributed by atoms with Crippen molar-refractivity contribution in [2.75, 3.05) is 13.2 Å². The molecule has 1 aliphatic rings. The van der Waals surface area contributed by atoms with Crippen molar-refractivity contribution in [1.29, 1.82) is 0 Å². The Hall–Kier alpha value is -2.23. The number of aryl methyl sites for hydroxylation is 3. The van der Waals surface area contributed by atoms with Crippen LogP contribution in [0.5, 0.6) is 5.75 Å². The van der Waals surface area contributed by atoms with Gasteiger partial charge in [-0.3, -0.25) is 4.79 Å². The fourth-order valence-corrected chi connectivity index (χ4v) is 2.94. The van der Waals surface area contributed by atoms with E-state index < -0.39 is 0 Å². The molecular formula is C19H23NO3. The lowest BCUT2D eigenvalue weighted by molar-refractivity contribution is -0.123. The predicted octanol–water partition coefficient (Wildman–Crippen LogP) is 3.29. The number of furan rings is 1. The zero-order valence-electron chi connectivity index (χ0n) is 13.3. The molecule has 4 nitrogen and oxygen atoms in total. The lowest BCUT2D eigenvalue weighted by Gasteiger charge is -2.16. The summed E-state index contributed by atoms with van der Waals surface area (Å²) in [5.41, 5.74) is 2.79. The Morgan fingerprint density at radius 3 is 2.87 bits per heavy atom. The Kier molecular flexibility index (Phi) is 5.35. The first kappa shape index (κ1) is 15.7. The van der Waals surface area contributed by atoms with Gasteiger partial charge in [-0.05, 0) is 67.5 Å². The molecule has 1 aromatic heterocycles. The lowest BCUT2D eigenvalue weighted by atomic mass is 9.92. The summed E-state index contributed by atoms with van der Waals surface area (Å²) in [5.74, 6) is 1.66. The Morgan fingerprint density at radius 2 is 2.04 bits per heavy atom. The molecule has 1 heterocycles. The molecule has 0 aliphatic heterocycles. The lowest BCUT2D eigenvalue weighted by Crippen LogP contribution is -2.29. The van der Waals surface area contributed by atoms with Gasteiger partial charge in [-0.1, -0.05) is 6.07 Å². The average Bonchev–Trinajstić information content (AvgIpc) is 3.10. The number of fused-ring (bicyclic) bond motifs is 1. The van der Waals surface area contributed by atoms with Crippen LogP contribution in [0.1, 0.15) is 36.1 Å². The van der Waals surface area contributed by atoms with Gasteiger partial charge >= 0.3 is 0 Å². The summed E-state index contributed by atoms with van der Waals surface area (Å²) in [6, 6.07) is 10.00. The van der Waals surface area contributed by atoms with E-state index >= 15 is 0 Å². The number of amides is 1. The van der Waals surface area contributed by atoms with Crippen LogP contribution >= 0.6 is 0 Å². The molecule has 0 saturated carbocycles. The zero-order chi connectivity index (χ0) is 15.9. The Balaban J connectivity index is 1.37. The first-order chi connectivity index (χ1) is 11.3. The number of rotatable bonds is 7. The van der Waals surface area contributed by atoms with Gasteiger partial charge in [0, 0.05) is 13.0 Å². The first-order valence-electron chi connectivity index (χ1n) is 8.35. The highest BCUT2D eigenvalue weighted by Crippen LogP contribution is 2.25. The van der Waals surface area contributed by atoms with Crippen molar-refractivity contribution >= 4 is 5.91 Å². The molecule has 1 aliphatic carbocycles. The second-order valence-corrected chi connectivity index (χ2v) is 5.96. The molecule has 1 N–H and O–H groups in total. The van der Waals surface area contributed by atoms with Crippen LogP contribution in [0, 0.1) is 0 Å². The monoisotopic (exact) mass is 313 g/mol. The summed E-state index contributed by atoms with van der Waals surface area (Å²) < 4.78 is 10.9. The van der Waals surface area contributed by atoms with Crippen LogP contribution in [-0.4, -0.2) is 19.1 Å². The Morgan fingerprint density at radius 1 is 1.17 bits per heavy atom. The number of hydrogen-bond acceptors (Lipinski definition) is 3. The highest BCUT2D eigenvalue weighted by atomic mass is 16.5. The van der Waals surface area contributed by atoms with Gasteiger partial charge in [-0.25, -0.2) is 0 Å². The summed E-state index contributed by atoms with van der Waals surface area (Å²) in [6.45, 7) is 0.701. The van der Waals surface area contributed by atoms with E-state index in [4.69, 9.17) is 9.15 Å². The molecule has 2 aromatic rings. The number of ether oxygens (including phenoxy) is 1. The maximum absolute atomic E-state index is 11.8.